The van der Waals surface area contributed by atoms with E-state index < -0.39 is 0 Å². The quantitative estimate of drug-likeness (QED) is 0.480. The summed E-state index contributed by atoms with van der Waals surface area (Å²) in [6.45, 7) is 1.29. The molecule has 5 rings (SSSR count). The third-order valence-electron chi connectivity index (χ3n) is 5.64. The summed E-state index contributed by atoms with van der Waals surface area (Å²) in [6, 6.07) is 11.4. The van der Waals surface area contributed by atoms with Gasteiger partial charge in [-0.15, -0.1) is 10.2 Å². The smallest absolute Gasteiger partial charge is 0.251 e. The minimum Gasteiger partial charge on any atom is -0.378 e. The molecule has 4 heterocycles. The van der Waals surface area contributed by atoms with Gasteiger partial charge in [-0.3, -0.25) is 9.48 Å². The highest BCUT2D eigenvalue weighted by molar-refractivity contribution is 5.95. The lowest BCUT2D eigenvalue weighted by Crippen LogP contribution is -2.40. The van der Waals surface area contributed by atoms with Crippen LogP contribution in [0.25, 0.3) is 11.5 Å². The molecule has 0 saturated carbocycles. The van der Waals surface area contributed by atoms with Crippen LogP contribution in [0.4, 0.5) is 5.69 Å². The van der Waals surface area contributed by atoms with Gasteiger partial charge in [0.05, 0.1) is 6.54 Å². The van der Waals surface area contributed by atoms with Gasteiger partial charge in [0.15, 0.2) is 11.6 Å². The first kappa shape index (κ1) is 19.9. The van der Waals surface area contributed by atoms with E-state index in [0.717, 1.165) is 36.6 Å². The summed E-state index contributed by atoms with van der Waals surface area (Å²) in [5, 5.41) is 19.3. The molecule has 3 aromatic heterocycles. The molecule has 1 aromatic carbocycles. The average Bonchev–Trinajstić information content (AvgIpc) is 3.44. The number of hydrogen-bond acceptors (Lipinski definition) is 7. The molecular weight excluding hydrogens is 406 g/mol. The highest BCUT2D eigenvalue weighted by Crippen LogP contribution is 2.17. The van der Waals surface area contributed by atoms with Crippen LogP contribution in [-0.4, -0.2) is 46.5 Å². The second-order valence-electron chi connectivity index (χ2n) is 7.74. The molecule has 0 bridgehead atoms. The molecule has 0 radical (unpaired) electrons. The molecule has 10 nitrogen and oxygen atoms in total. The zero-order valence-corrected chi connectivity index (χ0v) is 17.6. The molecule has 1 aliphatic heterocycles. The Morgan fingerprint density at radius 2 is 2.12 bits per heavy atom. The molecule has 10 heteroatoms. The van der Waals surface area contributed by atoms with Crippen LogP contribution in [0.2, 0.25) is 0 Å². The number of carbonyl (C=O) groups is 1. The molecule has 2 N–H and O–H groups in total. The molecule has 0 fully saturated rings. The van der Waals surface area contributed by atoms with Crippen molar-refractivity contribution in [2.45, 2.75) is 32.0 Å². The number of aromatic nitrogens is 7. The maximum absolute atomic E-state index is 12.8. The Kier molecular flexibility index (Phi) is 5.32. The molecular formula is C22H23N9O. The summed E-state index contributed by atoms with van der Waals surface area (Å²) >= 11 is 0. The monoisotopic (exact) mass is 429 g/mol. The van der Waals surface area contributed by atoms with Gasteiger partial charge in [0.1, 0.15) is 12.0 Å². The number of hydrogen-bond donors (Lipinski definition) is 2. The number of carbonyl (C=O) groups excluding carboxylic acids is 1. The van der Waals surface area contributed by atoms with E-state index in [4.69, 9.17) is 0 Å². The molecule has 1 unspecified atom stereocenters. The summed E-state index contributed by atoms with van der Waals surface area (Å²) in [7, 11) is 1.90. The highest BCUT2D eigenvalue weighted by atomic mass is 16.1. The fourth-order valence-corrected chi connectivity index (χ4v) is 3.87. The minimum absolute atomic E-state index is 0.0729. The number of benzene rings is 1. The van der Waals surface area contributed by atoms with Crippen molar-refractivity contribution in [3.63, 3.8) is 0 Å². The van der Waals surface area contributed by atoms with Crippen LogP contribution in [0.1, 0.15) is 28.3 Å². The third kappa shape index (κ3) is 4.07. The van der Waals surface area contributed by atoms with Gasteiger partial charge in [-0.1, -0.05) is 6.07 Å². The van der Waals surface area contributed by atoms with Crippen LogP contribution in [0.5, 0.6) is 0 Å². The first-order chi connectivity index (χ1) is 15.7. The summed E-state index contributed by atoms with van der Waals surface area (Å²) in [5.41, 5.74) is 3.33. The van der Waals surface area contributed by atoms with E-state index >= 15 is 0 Å². The fourth-order valence-electron chi connectivity index (χ4n) is 3.87. The zero-order valence-electron chi connectivity index (χ0n) is 17.6. The van der Waals surface area contributed by atoms with E-state index in [9.17, 15) is 4.79 Å². The van der Waals surface area contributed by atoms with Gasteiger partial charge in [0.2, 0.25) is 0 Å². The lowest BCUT2D eigenvalue weighted by Gasteiger charge is -2.24. The van der Waals surface area contributed by atoms with Gasteiger partial charge < -0.3 is 15.2 Å². The van der Waals surface area contributed by atoms with Crippen LogP contribution in [0.15, 0.2) is 55.1 Å². The average molecular weight is 429 g/mol. The molecule has 4 aromatic rings. The van der Waals surface area contributed by atoms with Crippen molar-refractivity contribution in [2.24, 2.45) is 7.05 Å². The molecule has 1 atom stereocenters. The Balaban J connectivity index is 1.22. The normalized spacial score (nSPS) is 15.2. The largest absolute Gasteiger partial charge is 0.378 e. The molecule has 0 aliphatic carbocycles. The summed E-state index contributed by atoms with van der Waals surface area (Å²) in [6.07, 6.45) is 6.64. The molecule has 1 amide bonds. The molecule has 32 heavy (non-hydrogen) atoms. The first-order valence-corrected chi connectivity index (χ1v) is 10.5. The van der Waals surface area contributed by atoms with Gasteiger partial charge in [0, 0.05) is 55.4 Å². The lowest BCUT2D eigenvalue weighted by atomic mass is 10.0. The number of rotatable bonds is 6. The van der Waals surface area contributed by atoms with Gasteiger partial charge >= 0.3 is 0 Å². The Morgan fingerprint density at radius 3 is 3.00 bits per heavy atom. The fraction of sp³-hybridized carbons (Fsp3) is 0.273. The molecule has 1 aliphatic rings. The Labute approximate surface area is 184 Å². The molecule has 162 valence electrons. The second-order valence-corrected chi connectivity index (χ2v) is 7.74. The SMILES string of the molecule is Cn1c(CNc2cccc(C(=O)NC3CCn4nccc4C3)c2)nnc1-c1ccncn1. The standard InChI is InChI=1S/C22H23N9O/c1-30-20(28-29-21(30)19-6-8-23-14-25-19)13-24-16-4-2-3-15(11-16)22(32)27-17-7-10-31-18(12-17)5-9-26-31/h2-6,8-9,11,14,17,24H,7,10,12-13H2,1H3,(H,27,32). The van der Waals surface area contributed by atoms with Crippen LogP contribution >= 0.6 is 0 Å². The van der Waals surface area contributed by atoms with Gasteiger partial charge in [-0.05, 0) is 36.8 Å². The van der Waals surface area contributed by atoms with Crippen molar-refractivity contribution < 1.29 is 4.79 Å². The minimum atomic E-state index is -0.0729. The van der Waals surface area contributed by atoms with E-state index in [1.165, 1.54) is 6.33 Å². The van der Waals surface area contributed by atoms with Crippen LogP contribution in [0.3, 0.4) is 0 Å². The number of nitrogens with zero attached hydrogens (tertiary/aromatic N) is 7. The van der Waals surface area contributed by atoms with Crippen LogP contribution in [-0.2, 0) is 26.6 Å². The Hall–Kier alpha value is -4.08. The maximum Gasteiger partial charge on any atom is 0.251 e. The van der Waals surface area contributed by atoms with Gasteiger partial charge in [0.25, 0.3) is 5.91 Å². The van der Waals surface area contributed by atoms with Crippen molar-refractivity contribution in [3.05, 3.63) is 72.2 Å². The van der Waals surface area contributed by atoms with E-state index in [1.54, 1.807) is 12.3 Å². The summed E-state index contributed by atoms with van der Waals surface area (Å²) in [4.78, 5) is 21.0. The summed E-state index contributed by atoms with van der Waals surface area (Å²) in [5.74, 6) is 1.36. The van der Waals surface area contributed by atoms with Gasteiger partial charge in [-0.2, -0.15) is 5.10 Å². The Bertz CT molecular complexity index is 1230. The number of amides is 1. The van der Waals surface area contributed by atoms with E-state index in [-0.39, 0.29) is 11.9 Å². The van der Waals surface area contributed by atoms with Crippen LogP contribution < -0.4 is 10.6 Å². The number of aryl methyl sites for hydroxylation is 1. The van der Waals surface area contributed by atoms with Crippen LogP contribution in [0, 0.1) is 0 Å². The first-order valence-electron chi connectivity index (χ1n) is 10.5. The molecule has 0 spiro atoms. The van der Waals surface area contributed by atoms with E-state index in [0.29, 0.717) is 23.6 Å². The third-order valence-corrected chi connectivity index (χ3v) is 5.64. The van der Waals surface area contributed by atoms with Crippen molar-refractivity contribution >= 4 is 11.6 Å². The van der Waals surface area contributed by atoms with Crippen molar-refractivity contribution in [3.8, 4) is 11.5 Å². The number of fused-ring (bicyclic) bond motifs is 1. The summed E-state index contributed by atoms with van der Waals surface area (Å²) < 4.78 is 3.88. The Morgan fingerprint density at radius 1 is 1.19 bits per heavy atom. The zero-order chi connectivity index (χ0) is 21.9. The maximum atomic E-state index is 12.8. The lowest BCUT2D eigenvalue weighted by molar-refractivity contribution is 0.0930. The van der Waals surface area contributed by atoms with Crippen molar-refractivity contribution in [1.82, 2.24) is 39.8 Å². The molecule has 0 saturated heterocycles. The highest BCUT2D eigenvalue weighted by Gasteiger charge is 2.21. The predicted octanol–water partition coefficient (Wildman–Crippen LogP) is 1.83. The van der Waals surface area contributed by atoms with E-state index in [1.807, 2.05) is 52.8 Å². The topological polar surface area (TPSA) is 115 Å². The second kappa shape index (κ2) is 8.58. The van der Waals surface area contributed by atoms with Gasteiger partial charge in [-0.25, -0.2) is 9.97 Å². The number of anilines is 1. The number of nitrogens with one attached hydrogen (secondary N) is 2. The van der Waals surface area contributed by atoms with Crippen molar-refractivity contribution in [1.29, 1.82) is 0 Å². The predicted molar refractivity (Wildman–Crippen MR) is 118 cm³/mol. The van der Waals surface area contributed by atoms with E-state index in [2.05, 4.69) is 35.9 Å². The van der Waals surface area contributed by atoms with Crippen molar-refractivity contribution in [2.75, 3.05) is 5.32 Å².